The third-order valence-electron chi connectivity index (χ3n) is 5.37. The van der Waals surface area contributed by atoms with Crippen molar-refractivity contribution in [2.45, 2.75) is 49.8 Å². The normalized spacial score (nSPS) is 14.4. The number of pyridine rings is 2. The van der Waals surface area contributed by atoms with E-state index >= 15 is 0 Å². The smallest absolute Gasteiger partial charge is 0.252 e. The van der Waals surface area contributed by atoms with Crippen molar-refractivity contribution in [3.05, 3.63) is 69.9 Å². The summed E-state index contributed by atoms with van der Waals surface area (Å²) in [5, 5.41) is 0. The van der Waals surface area contributed by atoms with E-state index in [0.717, 1.165) is 34.7 Å². The van der Waals surface area contributed by atoms with Crippen LogP contribution in [0.5, 0.6) is 0 Å². The molecule has 1 aliphatic carbocycles. The zero-order valence-electron chi connectivity index (χ0n) is 17.1. The summed E-state index contributed by atoms with van der Waals surface area (Å²) in [6, 6.07) is 11.2. The Kier molecular flexibility index (Phi) is 5.90. The Morgan fingerprint density at radius 1 is 1.23 bits per heavy atom. The SMILES string of the molecule is CCc1cc(-c2ccc(S(=O)(=O)N(CCc3ccccn3)C3CC3)s2)c(C)[nH]c1=O. The molecule has 30 heavy (non-hydrogen) atoms. The molecule has 1 N–H and O–H groups in total. The topological polar surface area (TPSA) is 83.1 Å². The average molecular weight is 444 g/mol. The van der Waals surface area contributed by atoms with Crippen LogP contribution in [-0.2, 0) is 22.9 Å². The van der Waals surface area contributed by atoms with Gasteiger partial charge in [0.2, 0.25) is 0 Å². The quantitative estimate of drug-likeness (QED) is 0.575. The maximum Gasteiger partial charge on any atom is 0.252 e. The van der Waals surface area contributed by atoms with Gasteiger partial charge in [-0.05, 0) is 56.5 Å². The van der Waals surface area contributed by atoms with E-state index in [1.54, 1.807) is 16.6 Å². The number of rotatable bonds is 8. The van der Waals surface area contributed by atoms with Gasteiger partial charge in [-0.2, -0.15) is 4.31 Å². The number of aromatic amines is 1. The highest BCUT2D eigenvalue weighted by Crippen LogP contribution is 2.37. The Labute approximate surface area is 180 Å². The van der Waals surface area contributed by atoms with Gasteiger partial charge in [0, 0.05) is 52.6 Å². The fourth-order valence-corrected chi connectivity index (χ4v) is 6.73. The van der Waals surface area contributed by atoms with E-state index in [-0.39, 0.29) is 11.6 Å². The van der Waals surface area contributed by atoms with Crippen LogP contribution in [0.4, 0.5) is 0 Å². The molecule has 0 saturated heterocycles. The van der Waals surface area contributed by atoms with E-state index in [9.17, 15) is 13.2 Å². The van der Waals surface area contributed by atoms with Crippen molar-refractivity contribution in [1.82, 2.24) is 14.3 Å². The molecule has 0 aromatic carbocycles. The fourth-order valence-electron chi connectivity index (χ4n) is 3.54. The number of sulfonamides is 1. The van der Waals surface area contributed by atoms with E-state index in [2.05, 4.69) is 9.97 Å². The van der Waals surface area contributed by atoms with Crippen molar-refractivity contribution in [2.75, 3.05) is 6.54 Å². The fraction of sp³-hybridized carbons (Fsp3) is 0.364. The van der Waals surface area contributed by atoms with Crippen LogP contribution in [0, 0.1) is 6.92 Å². The van der Waals surface area contributed by atoms with Gasteiger partial charge in [0.05, 0.1) is 0 Å². The summed E-state index contributed by atoms with van der Waals surface area (Å²) in [5.74, 6) is 0. The highest BCUT2D eigenvalue weighted by molar-refractivity contribution is 7.91. The number of thiophene rings is 1. The maximum atomic E-state index is 13.4. The molecule has 3 aromatic heterocycles. The van der Waals surface area contributed by atoms with Gasteiger partial charge in [-0.25, -0.2) is 8.42 Å². The van der Waals surface area contributed by atoms with Crippen LogP contribution in [0.25, 0.3) is 10.4 Å². The highest BCUT2D eigenvalue weighted by atomic mass is 32.2. The molecule has 6 nitrogen and oxygen atoms in total. The number of H-pyrrole nitrogens is 1. The van der Waals surface area contributed by atoms with Crippen LogP contribution in [-0.4, -0.2) is 35.3 Å². The molecule has 0 amide bonds. The van der Waals surface area contributed by atoms with Crippen molar-refractivity contribution in [3.8, 4) is 10.4 Å². The van der Waals surface area contributed by atoms with Crippen LogP contribution in [0.2, 0.25) is 0 Å². The second-order valence-corrected chi connectivity index (χ2v) is 10.8. The molecule has 0 spiro atoms. The van der Waals surface area contributed by atoms with Gasteiger partial charge < -0.3 is 4.98 Å². The number of nitrogens with one attached hydrogen (secondary N) is 1. The Hall–Kier alpha value is -2.29. The van der Waals surface area contributed by atoms with E-state index in [1.165, 1.54) is 11.3 Å². The zero-order chi connectivity index (χ0) is 21.3. The molecular formula is C22H25N3O3S2. The molecule has 3 heterocycles. The monoisotopic (exact) mass is 443 g/mol. The maximum absolute atomic E-state index is 13.4. The lowest BCUT2D eigenvalue weighted by molar-refractivity contribution is 0.407. The number of hydrogen-bond donors (Lipinski definition) is 1. The van der Waals surface area contributed by atoms with Gasteiger partial charge >= 0.3 is 0 Å². The number of hydrogen-bond acceptors (Lipinski definition) is 5. The number of nitrogens with zero attached hydrogens (tertiary/aromatic N) is 2. The van der Waals surface area contributed by atoms with Crippen LogP contribution in [0.1, 0.15) is 36.7 Å². The van der Waals surface area contributed by atoms with Crippen molar-refractivity contribution in [1.29, 1.82) is 0 Å². The summed E-state index contributed by atoms with van der Waals surface area (Å²) in [4.78, 5) is 20.1. The molecule has 0 aliphatic heterocycles. The third-order valence-corrected chi connectivity index (χ3v) is 8.91. The van der Waals surface area contributed by atoms with Gasteiger partial charge in [0.15, 0.2) is 0 Å². The molecule has 1 saturated carbocycles. The predicted molar refractivity (Wildman–Crippen MR) is 119 cm³/mol. The Balaban J connectivity index is 1.61. The molecule has 0 radical (unpaired) electrons. The first-order chi connectivity index (χ1) is 14.4. The molecule has 158 valence electrons. The Bertz CT molecular complexity index is 1200. The molecular weight excluding hydrogens is 418 g/mol. The van der Waals surface area contributed by atoms with Gasteiger partial charge in [-0.15, -0.1) is 11.3 Å². The Morgan fingerprint density at radius 2 is 2.03 bits per heavy atom. The molecule has 0 unspecified atom stereocenters. The zero-order valence-corrected chi connectivity index (χ0v) is 18.7. The molecule has 1 fully saturated rings. The second-order valence-electron chi connectivity index (χ2n) is 7.55. The predicted octanol–water partition coefficient (Wildman–Crippen LogP) is 3.77. The van der Waals surface area contributed by atoms with Crippen LogP contribution in [0.15, 0.2) is 51.6 Å². The number of aromatic nitrogens is 2. The third kappa shape index (κ3) is 4.26. The van der Waals surface area contributed by atoms with E-state index < -0.39 is 10.0 Å². The van der Waals surface area contributed by atoms with E-state index in [1.807, 2.05) is 44.2 Å². The van der Waals surface area contributed by atoms with E-state index in [0.29, 0.717) is 29.2 Å². The summed E-state index contributed by atoms with van der Waals surface area (Å²) < 4.78 is 28.8. The summed E-state index contributed by atoms with van der Waals surface area (Å²) in [5.41, 5.74) is 3.13. The minimum atomic E-state index is -3.58. The average Bonchev–Trinajstić information content (AvgIpc) is 3.43. The molecule has 4 rings (SSSR count). The van der Waals surface area contributed by atoms with Crippen LogP contribution in [0.3, 0.4) is 0 Å². The largest absolute Gasteiger partial charge is 0.326 e. The van der Waals surface area contributed by atoms with Crippen molar-refractivity contribution in [3.63, 3.8) is 0 Å². The summed E-state index contributed by atoms with van der Waals surface area (Å²) in [7, 11) is -3.58. The van der Waals surface area contributed by atoms with Gasteiger partial charge in [-0.1, -0.05) is 13.0 Å². The minimum Gasteiger partial charge on any atom is -0.326 e. The van der Waals surface area contributed by atoms with Gasteiger partial charge in [-0.3, -0.25) is 9.78 Å². The molecule has 3 aromatic rings. The highest BCUT2D eigenvalue weighted by Gasteiger charge is 2.38. The van der Waals surface area contributed by atoms with Crippen molar-refractivity contribution in [2.24, 2.45) is 0 Å². The van der Waals surface area contributed by atoms with E-state index in [4.69, 9.17) is 0 Å². The summed E-state index contributed by atoms with van der Waals surface area (Å²) in [6.07, 6.45) is 4.75. The molecule has 8 heteroatoms. The van der Waals surface area contributed by atoms with Gasteiger partial charge in [0.1, 0.15) is 4.21 Å². The molecule has 1 aliphatic rings. The van der Waals surface area contributed by atoms with Crippen molar-refractivity contribution >= 4 is 21.4 Å². The first-order valence-corrected chi connectivity index (χ1v) is 12.4. The first-order valence-electron chi connectivity index (χ1n) is 10.1. The first kappa shape index (κ1) is 21.0. The molecule has 0 atom stereocenters. The summed E-state index contributed by atoms with van der Waals surface area (Å²) >= 11 is 1.26. The van der Waals surface area contributed by atoms with Gasteiger partial charge in [0.25, 0.3) is 15.6 Å². The second kappa shape index (κ2) is 8.45. The standard InChI is InChI=1S/C22H25N3O3S2/c1-3-16-14-19(15(2)24-22(16)26)20-9-10-21(29-20)30(27,28)25(18-7-8-18)13-11-17-6-4-5-12-23-17/h4-6,9-10,12,14,18H,3,7-8,11,13H2,1-2H3,(H,24,26). The minimum absolute atomic E-state index is 0.0748. The van der Waals surface area contributed by atoms with Crippen LogP contribution < -0.4 is 5.56 Å². The lowest BCUT2D eigenvalue weighted by Gasteiger charge is -2.20. The lowest BCUT2D eigenvalue weighted by atomic mass is 10.1. The lowest BCUT2D eigenvalue weighted by Crippen LogP contribution is -2.34. The summed E-state index contributed by atoms with van der Waals surface area (Å²) in [6.45, 7) is 4.20. The van der Waals surface area contributed by atoms with Crippen molar-refractivity contribution < 1.29 is 8.42 Å². The Morgan fingerprint density at radius 3 is 2.70 bits per heavy atom. The molecule has 0 bridgehead atoms. The van der Waals surface area contributed by atoms with Crippen LogP contribution >= 0.6 is 11.3 Å². The number of aryl methyl sites for hydroxylation is 2.